The van der Waals surface area contributed by atoms with Gasteiger partial charge in [0.1, 0.15) is 6.61 Å². The van der Waals surface area contributed by atoms with Crippen LogP contribution in [-0.4, -0.2) is 32.5 Å². The molecule has 140 valence electrons. The van der Waals surface area contributed by atoms with Gasteiger partial charge in [0.15, 0.2) is 22.5 Å². The number of nitrogens with one attached hydrogen (secondary N) is 1. The number of carbonyl (C=O) groups is 1. The van der Waals surface area contributed by atoms with Gasteiger partial charge in [0, 0.05) is 13.1 Å². The second-order valence-electron chi connectivity index (χ2n) is 5.57. The van der Waals surface area contributed by atoms with E-state index < -0.39 is 5.82 Å². The predicted molar refractivity (Wildman–Crippen MR) is 99.6 cm³/mol. The average molecular weight is 378 g/mol. The van der Waals surface area contributed by atoms with Crippen LogP contribution >= 0.6 is 11.8 Å². The van der Waals surface area contributed by atoms with Gasteiger partial charge in [0.05, 0.1) is 5.25 Å². The van der Waals surface area contributed by atoms with Crippen molar-refractivity contribution in [2.45, 2.75) is 43.8 Å². The normalized spacial score (nSPS) is 11.8. The molecule has 6 nitrogen and oxygen atoms in total. The molecule has 1 atom stereocenters. The van der Waals surface area contributed by atoms with E-state index >= 15 is 0 Å². The van der Waals surface area contributed by atoms with E-state index in [2.05, 4.69) is 22.1 Å². The minimum atomic E-state index is -0.432. The zero-order chi connectivity index (χ0) is 18.9. The number of ether oxygens (including phenoxy) is 1. The molecule has 0 radical (unpaired) electrons. The molecule has 1 heterocycles. The van der Waals surface area contributed by atoms with Crippen molar-refractivity contribution in [3.63, 3.8) is 0 Å². The molecule has 0 spiro atoms. The lowest BCUT2D eigenvalue weighted by molar-refractivity contribution is -0.120. The number of para-hydroxylation sites is 1. The lowest BCUT2D eigenvalue weighted by Crippen LogP contribution is -2.31. The van der Waals surface area contributed by atoms with Gasteiger partial charge in [-0.3, -0.25) is 9.36 Å². The molecule has 1 amide bonds. The van der Waals surface area contributed by atoms with Crippen molar-refractivity contribution in [1.29, 1.82) is 0 Å². The molecule has 1 unspecified atom stereocenters. The Kier molecular flexibility index (Phi) is 7.65. The van der Waals surface area contributed by atoms with Crippen LogP contribution < -0.4 is 10.1 Å². The summed E-state index contributed by atoms with van der Waals surface area (Å²) in [6, 6.07) is 6.19. The molecule has 1 aromatic heterocycles. The van der Waals surface area contributed by atoms with Crippen molar-refractivity contribution < 1.29 is 13.9 Å². The Hall–Kier alpha value is -2.35. The monoisotopic (exact) mass is 378 g/mol. The second kappa shape index (κ2) is 9.96. The van der Waals surface area contributed by atoms with Gasteiger partial charge in [0.2, 0.25) is 5.91 Å². The third-order valence-corrected chi connectivity index (χ3v) is 4.58. The lowest BCUT2D eigenvalue weighted by atomic mass is 10.3. The smallest absolute Gasteiger partial charge is 0.233 e. The number of amides is 1. The first-order valence-corrected chi connectivity index (χ1v) is 9.29. The Morgan fingerprint density at radius 1 is 1.46 bits per heavy atom. The molecule has 0 saturated heterocycles. The summed E-state index contributed by atoms with van der Waals surface area (Å²) in [5, 5.41) is 11.4. The number of rotatable bonds is 10. The number of thioether (sulfide) groups is 1. The Balaban J connectivity index is 2.08. The molecule has 1 aromatic carbocycles. The van der Waals surface area contributed by atoms with Crippen LogP contribution in [0.25, 0.3) is 0 Å². The topological polar surface area (TPSA) is 69.0 Å². The Morgan fingerprint density at radius 2 is 2.23 bits per heavy atom. The molecule has 8 heteroatoms. The van der Waals surface area contributed by atoms with E-state index in [1.807, 2.05) is 18.4 Å². The standard InChI is InChI=1S/C18H23FN4O2S/c1-4-10-20-17(24)13(3)26-18-22-21-16(23(18)11-5-2)12-25-15-9-7-6-8-14(15)19/h5-9,13H,2,4,10-12H2,1,3H3,(H,20,24). The summed E-state index contributed by atoms with van der Waals surface area (Å²) >= 11 is 1.31. The molecule has 0 aliphatic rings. The van der Waals surface area contributed by atoms with Gasteiger partial charge in [-0.1, -0.05) is 36.9 Å². The first-order valence-electron chi connectivity index (χ1n) is 8.41. The third kappa shape index (κ3) is 5.32. The fraction of sp³-hybridized carbons (Fsp3) is 0.389. The fourth-order valence-electron chi connectivity index (χ4n) is 2.13. The van der Waals surface area contributed by atoms with E-state index in [9.17, 15) is 9.18 Å². The number of hydrogen-bond donors (Lipinski definition) is 1. The van der Waals surface area contributed by atoms with Gasteiger partial charge >= 0.3 is 0 Å². The summed E-state index contributed by atoms with van der Waals surface area (Å²) in [4.78, 5) is 12.1. The number of aromatic nitrogens is 3. The fourth-order valence-corrected chi connectivity index (χ4v) is 3.03. The minimum Gasteiger partial charge on any atom is -0.483 e. The molecule has 0 saturated carbocycles. The first-order chi connectivity index (χ1) is 12.6. The maximum absolute atomic E-state index is 13.7. The summed E-state index contributed by atoms with van der Waals surface area (Å²) < 4.78 is 21.0. The Labute approximate surface area is 156 Å². The molecular formula is C18H23FN4O2S. The highest BCUT2D eigenvalue weighted by Crippen LogP contribution is 2.23. The van der Waals surface area contributed by atoms with Crippen LogP contribution in [0.5, 0.6) is 5.75 Å². The first kappa shape index (κ1) is 20.0. The third-order valence-electron chi connectivity index (χ3n) is 3.50. The van der Waals surface area contributed by atoms with Gasteiger partial charge in [-0.2, -0.15) is 0 Å². The zero-order valence-electron chi connectivity index (χ0n) is 14.9. The average Bonchev–Trinajstić information content (AvgIpc) is 3.01. The number of halogens is 1. The van der Waals surface area contributed by atoms with Gasteiger partial charge < -0.3 is 10.1 Å². The van der Waals surface area contributed by atoms with Crippen molar-refractivity contribution in [1.82, 2.24) is 20.1 Å². The van der Waals surface area contributed by atoms with E-state index in [1.165, 1.54) is 17.8 Å². The molecule has 0 aliphatic heterocycles. The Bertz CT molecular complexity index is 751. The van der Waals surface area contributed by atoms with Crippen molar-refractivity contribution >= 4 is 17.7 Å². The summed E-state index contributed by atoms with van der Waals surface area (Å²) in [7, 11) is 0. The van der Waals surface area contributed by atoms with E-state index in [0.717, 1.165) is 6.42 Å². The van der Waals surface area contributed by atoms with E-state index in [4.69, 9.17) is 4.74 Å². The van der Waals surface area contributed by atoms with Crippen LogP contribution in [-0.2, 0) is 17.9 Å². The van der Waals surface area contributed by atoms with Crippen LogP contribution in [0.2, 0.25) is 0 Å². The molecule has 2 rings (SSSR count). The van der Waals surface area contributed by atoms with Crippen molar-refractivity contribution in [2.75, 3.05) is 6.54 Å². The number of carbonyl (C=O) groups excluding carboxylic acids is 1. The summed E-state index contributed by atoms with van der Waals surface area (Å²) in [6.07, 6.45) is 2.59. The molecule has 1 N–H and O–H groups in total. The van der Waals surface area contributed by atoms with Crippen molar-refractivity contribution in [3.05, 3.63) is 48.6 Å². The SMILES string of the molecule is C=CCn1c(COc2ccccc2F)nnc1SC(C)C(=O)NCCC. The maximum Gasteiger partial charge on any atom is 0.233 e. The molecule has 0 aliphatic carbocycles. The summed E-state index contributed by atoms with van der Waals surface area (Å²) in [5.74, 6) is 0.214. The zero-order valence-corrected chi connectivity index (χ0v) is 15.8. The van der Waals surface area contributed by atoms with Crippen LogP contribution in [0.15, 0.2) is 42.1 Å². The summed E-state index contributed by atoms with van der Waals surface area (Å²) in [6.45, 7) is 8.74. The highest BCUT2D eigenvalue weighted by atomic mass is 32.2. The quantitative estimate of drug-likeness (QED) is 0.508. The number of benzene rings is 1. The molecular weight excluding hydrogens is 355 g/mol. The van der Waals surface area contributed by atoms with Crippen molar-refractivity contribution in [3.8, 4) is 5.75 Å². The van der Waals surface area contributed by atoms with Gasteiger partial charge in [0.25, 0.3) is 0 Å². The lowest BCUT2D eigenvalue weighted by Gasteiger charge is -2.13. The van der Waals surface area contributed by atoms with Gasteiger partial charge in [-0.15, -0.1) is 16.8 Å². The highest BCUT2D eigenvalue weighted by Gasteiger charge is 2.20. The van der Waals surface area contributed by atoms with Crippen LogP contribution in [0.3, 0.4) is 0 Å². The highest BCUT2D eigenvalue weighted by molar-refractivity contribution is 8.00. The van der Waals surface area contributed by atoms with E-state index in [-0.39, 0.29) is 23.5 Å². The summed E-state index contributed by atoms with van der Waals surface area (Å²) in [5.41, 5.74) is 0. The molecule has 0 fully saturated rings. The van der Waals surface area contributed by atoms with E-state index in [0.29, 0.717) is 24.1 Å². The largest absolute Gasteiger partial charge is 0.483 e. The van der Waals surface area contributed by atoms with Gasteiger partial charge in [-0.25, -0.2) is 4.39 Å². The predicted octanol–water partition coefficient (Wildman–Crippen LogP) is 3.19. The number of nitrogens with zero attached hydrogens (tertiary/aromatic N) is 3. The molecule has 26 heavy (non-hydrogen) atoms. The minimum absolute atomic E-state index is 0.0471. The van der Waals surface area contributed by atoms with Crippen LogP contribution in [0.4, 0.5) is 4.39 Å². The molecule has 2 aromatic rings. The molecule has 0 bridgehead atoms. The van der Waals surface area contributed by atoms with Gasteiger partial charge in [-0.05, 0) is 25.5 Å². The Morgan fingerprint density at radius 3 is 2.92 bits per heavy atom. The van der Waals surface area contributed by atoms with Crippen LogP contribution in [0, 0.1) is 5.82 Å². The number of hydrogen-bond acceptors (Lipinski definition) is 5. The van der Waals surface area contributed by atoms with Crippen LogP contribution in [0.1, 0.15) is 26.1 Å². The number of allylic oxidation sites excluding steroid dienone is 1. The van der Waals surface area contributed by atoms with Crippen molar-refractivity contribution in [2.24, 2.45) is 0 Å². The second-order valence-corrected chi connectivity index (χ2v) is 6.88. The van der Waals surface area contributed by atoms with E-state index in [1.54, 1.807) is 24.3 Å². The maximum atomic E-state index is 13.7.